The molecule has 9 nitrogen and oxygen atoms in total. The van der Waals surface area contributed by atoms with Gasteiger partial charge in [0.05, 0.1) is 13.2 Å². The Hall–Kier alpha value is -3.04. The summed E-state index contributed by atoms with van der Waals surface area (Å²) in [5.41, 5.74) is 0.653. The van der Waals surface area contributed by atoms with Crippen molar-refractivity contribution in [1.29, 1.82) is 0 Å². The van der Waals surface area contributed by atoms with Crippen molar-refractivity contribution in [2.24, 2.45) is 0 Å². The number of ether oxygens (including phenoxy) is 1. The van der Waals surface area contributed by atoms with E-state index < -0.39 is 0 Å². The predicted molar refractivity (Wildman–Crippen MR) is 99.6 cm³/mol. The zero-order valence-electron chi connectivity index (χ0n) is 14.7. The number of carbonyl (C=O) groups is 1. The molecule has 0 atom stereocenters. The highest BCUT2D eigenvalue weighted by Gasteiger charge is 2.19. The molecule has 1 aliphatic heterocycles. The molecule has 1 amide bonds. The van der Waals surface area contributed by atoms with Gasteiger partial charge in [-0.3, -0.25) is 9.59 Å². The van der Waals surface area contributed by atoms with Crippen molar-refractivity contribution in [3.63, 3.8) is 0 Å². The van der Waals surface area contributed by atoms with Gasteiger partial charge in [-0.1, -0.05) is 16.8 Å². The predicted octanol–water partition coefficient (Wildman–Crippen LogP) is 1.47. The van der Waals surface area contributed by atoms with Crippen LogP contribution in [-0.2, 0) is 16.1 Å². The number of benzene rings is 1. The number of amides is 1. The number of nitrogens with zero attached hydrogens (tertiary/aromatic N) is 5. The molecule has 10 heteroatoms. The Kier molecular flexibility index (Phi) is 5.18. The minimum absolute atomic E-state index is 0.150. The monoisotopic (exact) mass is 401 g/mol. The van der Waals surface area contributed by atoms with E-state index in [4.69, 9.17) is 20.9 Å². The fourth-order valence-corrected chi connectivity index (χ4v) is 2.89. The highest BCUT2D eigenvalue weighted by atomic mass is 35.5. The second kappa shape index (κ2) is 7.91. The Labute approximate surface area is 164 Å². The molecule has 2 aromatic heterocycles. The first-order chi connectivity index (χ1) is 13.6. The van der Waals surface area contributed by atoms with Gasteiger partial charge < -0.3 is 14.2 Å². The summed E-state index contributed by atoms with van der Waals surface area (Å²) in [6.45, 7) is 1.82. The van der Waals surface area contributed by atoms with Crippen LogP contribution in [0.25, 0.3) is 23.0 Å². The summed E-state index contributed by atoms with van der Waals surface area (Å²) in [5, 5.41) is 8.74. The molecular weight excluding hydrogens is 386 g/mol. The molecule has 1 saturated heterocycles. The minimum Gasteiger partial charge on any atom is -0.378 e. The van der Waals surface area contributed by atoms with Crippen molar-refractivity contribution in [1.82, 2.24) is 24.8 Å². The average Bonchev–Trinajstić information content (AvgIpc) is 3.21. The van der Waals surface area contributed by atoms with Gasteiger partial charge in [-0.25, -0.2) is 4.68 Å². The molecule has 144 valence electrons. The SMILES string of the molecule is O=C(Cn1nc(-c2nc(-c3ccc(Cl)cc3)no2)ccc1=O)N1CCOCC1. The van der Waals surface area contributed by atoms with Crippen LogP contribution in [0.5, 0.6) is 0 Å². The highest BCUT2D eigenvalue weighted by Crippen LogP contribution is 2.21. The zero-order valence-corrected chi connectivity index (χ0v) is 15.5. The van der Waals surface area contributed by atoms with Gasteiger partial charge in [-0.2, -0.15) is 10.1 Å². The lowest BCUT2D eigenvalue weighted by atomic mass is 10.2. The van der Waals surface area contributed by atoms with E-state index in [2.05, 4.69) is 15.2 Å². The van der Waals surface area contributed by atoms with Gasteiger partial charge in [0.25, 0.3) is 11.4 Å². The van der Waals surface area contributed by atoms with Crippen molar-refractivity contribution in [3.8, 4) is 23.0 Å². The Bertz CT molecular complexity index is 1040. The summed E-state index contributed by atoms with van der Waals surface area (Å²) in [7, 11) is 0. The summed E-state index contributed by atoms with van der Waals surface area (Å²) >= 11 is 5.89. The first kappa shape index (κ1) is 18.3. The molecule has 28 heavy (non-hydrogen) atoms. The Morgan fingerprint density at radius 3 is 2.61 bits per heavy atom. The van der Waals surface area contributed by atoms with E-state index >= 15 is 0 Å². The van der Waals surface area contributed by atoms with E-state index in [0.29, 0.717) is 42.8 Å². The van der Waals surface area contributed by atoms with E-state index in [1.54, 1.807) is 29.2 Å². The van der Waals surface area contributed by atoms with Crippen LogP contribution in [0.4, 0.5) is 0 Å². The summed E-state index contributed by atoms with van der Waals surface area (Å²) in [6, 6.07) is 9.79. The van der Waals surface area contributed by atoms with E-state index in [1.807, 2.05) is 0 Å². The van der Waals surface area contributed by atoms with Crippen LogP contribution < -0.4 is 5.56 Å². The second-order valence-electron chi connectivity index (χ2n) is 6.14. The summed E-state index contributed by atoms with van der Waals surface area (Å²) in [5.74, 6) is 0.329. The molecule has 0 saturated carbocycles. The van der Waals surface area contributed by atoms with E-state index in [-0.39, 0.29) is 23.9 Å². The van der Waals surface area contributed by atoms with Crippen LogP contribution in [-0.4, -0.2) is 57.0 Å². The average molecular weight is 402 g/mol. The van der Waals surface area contributed by atoms with Crippen LogP contribution in [0.1, 0.15) is 0 Å². The standard InChI is InChI=1S/C18H16ClN5O4/c19-13-3-1-12(2-4-13)17-20-18(28-22-17)14-5-6-15(25)24(21-14)11-16(26)23-7-9-27-10-8-23/h1-6H,7-11H2. The van der Waals surface area contributed by atoms with Crippen molar-refractivity contribution < 1.29 is 14.1 Å². The number of hydrogen-bond donors (Lipinski definition) is 0. The molecule has 1 aromatic carbocycles. The van der Waals surface area contributed by atoms with Gasteiger partial charge in [-0.05, 0) is 30.3 Å². The fourth-order valence-electron chi connectivity index (χ4n) is 2.76. The second-order valence-corrected chi connectivity index (χ2v) is 6.57. The molecule has 0 radical (unpaired) electrons. The molecule has 3 aromatic rings. The first-order valence-corrected chi connectivity index (χ1v) is 9.02. The van der Waals surface area contributed by atoms with Gasteiger partial charge in [0, 0.05) is 29.7 Å². The van der Waals surface area contributed by atoms with Gasteiger partial charge in [0.2, 0.25) is 11.7 Å². The van der Waals surface area contributed by atoms with Gasteiger partial charge in [0.1, 0.15) is 12.2 Å². The number of morpholine rings is 1. The number of carbonyl (C=O) groups excluding carboxylic acids is 1. The maximum absolute atomic E-state index is 12.4. The van der Waals surface area contributed by atoms with Crippen molar-refractivity contribution in [3.05, 3.63) is 51.8 Å². The van der Waals surface area contributed by atoms with Crippen LogP contribution in [0.2, 0.25) is 5.02 Å². The van der Waals surface area contributed by atoms with Crippen LogP contribution >= 0.6 is 11.6 Å². The summed E-state index contributed by atoms with van der Waals surface area (Å²) < 4.78 is 11.6. The number of halogens is 1. The molecule has 0 N–H and O–H groups in total. The van der Waals surface area contributed by atoms with E-state index in [9.17, 15) is 9.59 Å². The number of aromatic nitrogens is 4. The fraction of sp³-hybridized carbons (Fsp3) is 0.278. The molecule has 0 unspecified atom stereocenters. The lowest BCUT2D eigenvalue weighted by Crippen LogP contribution is -2.43. The largest absolute Gasteiger partial charge is 0.378 e. The summed E-state index contributed by atoms with van der Waals surface area (Å²) in [4.78, 5) is 30.5. The molecule has 0 aliphatic carbocycles. The van der Waals surface area contributed by atoms with Crippen molar-refractivity contribution in [2.75, 3.05) is 26.3 Å². The normalized spacial score (nSPS) is 14.2. The van der Waals surface area contributed by atoms with Crippen LogP contribution in [0.15, 0.2) is 45.7 Å². The van der Waals surface area contributed by atoms with Gasteiger partial charge in [-0.15, -0.1) is 0 Å². The Morgan fingerprint density at radius 1 is 1.11 bits per heavy atom. The lowest BCUT2D eigenvalue weighted by Gasteiger charge is -2.26. The Morgan fingerprint density at radius 2 is 1.86 bits per heavy atom. The molecule has 1 fully saturated rings. The van der Waals surface area contributed by atoms with E-state index in [0.717, 1.165) is 10.2 Å². The quantitative estimate of drug-likeness (QED) is 0.652. The molecular formula is C18H16ClN5O4. The zero-order chi connectivity index (χ0) is 19.5. The third-order valence-corrected chi connectivity index (χ3v) is 4.51. The van der Waals surface area contributed by atoms with Crippen LogP contribution in [0.3, 0.4) is 0 Å². The minimum atomic E-state index is -0.386. The van der Waals surface area contributed by atoms with Gasteiger partial charge in [0.15, 0.2) is 0 Å². The first-order valence-electron chi connectivity index (χ1n) is 8.64. The topological polar surface area (TPSA) is 103 Å². The van der Waals surface area contributed by atoms with E-state index in [1.165, 1.54) is 12.1 Å². The Balaban J connectivity index is 1.56. The van der Waals surface area contributed by atoms with Crippen molar-refractivity contribution in [2.45, 2.75) is 6.54 Å². The van der Waals surface area contributed by atoms with Crippen LogP contribution in [0, 0.1) is 0 Å². The molecule has 0 spiro atoms. The lowest BCUT2D eigenvalue weighted by molar-refractivity contribution is -0.136. The third kappa shape index (κ3) is 3.95. The highest BCUT2D eigenvalue weighted by molar-refractivity contribution is 6.30. The molecule has 3 heterocycles. The third-order valence-electron chi connectivity index (χ3n) is 4.26. The molecule has 1 aliphatic rings. The molecule has 4 rings (SSSR count). The maximum Gasteiger partial charge on any atom is 0.278 e. The van der Waals surface area contributed by atoms with Crippen molar-refractivity contribution >= 4 is 17.5 Å². The smallest absolute Gasteiger partial charge is 0.278 e. The van der Waals surface area contributed by atoms with Gasteiger partial charge >= 0.3 is 0 Å². The number of hydrogen-bond acceptors (Lipinski definition) is 7. The summed E-state index contributed by atoms with van der Waals surface area (Å²) in [6.07, 6.45) is 0. The molecule has 0 bridgehead atoms. The maximum atomic E-state index is 12.4. The number of rotatable bonds is 4.